The van der Waals surface area contributed by atoms with Crippen LogP contribution in [0.2, 0.25) is 0 Å². The molecule has 0 spiro atoms. The lowest BCUT2D eigenvalue weighted by Gasteiger charge is -2.12. The summed E-state index contributed by atoms with van der Waals surface area (Å²) in [6.07, 6.45) is 2.64. The first-order valence-corrected chi connectivity index (χ1v) is 5.46. The van der Waals surface area contributed by atoms with Crippen LogP contribution in [-0.2, 0) is 0 Å². The Morgan fingerprint density at radius 1 is 1.59 bits per heavy atom. The number of pyridine rings is 1. The van der Waals surface area contributed by atoms with E-state index < -0.39 is 5.97 Å². The Morgan fingerprint density at radius 2 is 2.35 bits per heavy atom. The second-order valence-electron chi connectivity index (χ2n) is 4.40. The van der Waals surface area contributed by atoms with Gasteiger partial charge in [0.1, 0.15) is 5.82 Å². The van der Waals surface area contributed by atoms with Gasteiger partial charge in [0, 0.05) is 18.4 Å². The predicted molar refractivity (Wildman–Crippen MR) is 61.6 cm³/mol. The zero-order valence-corrected chi connectivity index (χ0v) is 9.31. The number of carbonyl (C=O) groups is 1. The van der Waals surface area contributed by atoms with Crippen LogP contribution in [0.25, 0.3) is 0 Å². The molecule has 88 valence electrons. The molecule has 0 saturated heterocycles. The largest absolute Gasteiger partial charge is 0.477 e. The number of nitrogens with one attached hydrogen (secondary N) is 1. The van der Waals surface area contributed by atoms with Gasteiger partial charge in [0.2, 0.25) is 0 Å². The van der Waals surface area contributed by atoms with Gasteiger partial charge in [-0.1, -0.05) is 6.07 Å². The van der Waals surface area contributed by atoms with E-state index in [1.165, 1.54) is 6.07 Å². The number of carboxylic acid groups (broad SMARTS) is 1. The van der Waals surface area contributed by atoms with Gasteiger partial charge in [-0.3, -0.25) is 0 Å². The molecule has 1 aromatic heterocycles. The number of aromatic nitrogens is 1. The van der Waals surface area contributed by atoms with Gasteiger partial charge in [0.15, 0.2) is 5.69 Å². The summed E-state index contributed by atoms with van der Waals surface area (Å²) in [5.41, 5.74) is 0.107. The normalized spacial score (nSPS) is 15.9. The molecule has 2 rings (SSSR count). The van der Waals surface area contributed by atoms with Crippen LogP contribution in [0.1, 0.15) is 29.8 Å². The summed E-state index contributed by atoms with van der Waals surface area (Å²) in [6.45, 7) is 0.677. The van der Waals surface area contributed by atoms with Gasteiger partial charge in [0.05, 0.1) is 6.07 Å². The number of nitrogens with zero attached hydrogens (tertiary/aromatic N) is 2. The molecular weight excluding hydrogens is 218 g/mol. The van der Waals surface area contributed by atoms with Crippen molar-refractivity contribution in [3.63, 3.8) is 0 Å². The Morgan fingerprint density at radius 3 is 2.94 bits per heavy atom. The summed E-state index contributed by atoms with van der Waals surface area (Å²) in [7, 11) is 0. The van der Waals surface area contributed by atoms with Gasteiger partial charge in [-0.05, 0) is 25.0 Å². The monoisotopic (exact) mass is 231 g/mol. The summed E-state index contributed by atoms with van der Waals surface area (Å²) >= 11 is 0. The Balaban J connectivity index is 1.98. The maximum atomic E-state index is 10.7. The maximum absolute atomic E-state index is 10.7. The van der Waals surface area contributed by atoms with Gasteiger partial charge in [0.25, 0.3) is 0 Å². The van der Waals surface area contributed by atoms with Crippen molar-refractivity contribution in [1.29, 1.82) is 5.26 Å². The highest BCUT2D eigenvalue weighted by molar-refractivity contribution is 5.85. The Bertz CT molecular complexity index is 475. The molecule has 5 heteroatoms. The van der Waals surface area contributed by atoms with E-state index in [0.29, 0.717) is 18.8 Å². The maximum Gasteiger partial charge on any atom is 0.354 e. The van der Waals surface area contributed by atoms with E-state index in [0.717, 1.165) is 12.8 Å². The van der Waals surface area contributed by atoms with Crippen molar-refractivity contribution < 1.29 is 9.90 Å². The molecule has 0 aliphatic heterocycles. The molecular formula is C12H13N3O2. The van der Waals surface area contributed by atoms with Crippen molar-refractivity contribution in [1.82, 2.24) is 4.98 Å². The lowest BCUT2D eigenvalue weighted by atomic mass is 10.0. The highest BCUT2D eigenvalue weighted by Gasteiger charge is 2.42. The zero-order chi connectivity index (χ0) is 12.3. The van der Waals surface area contributed by atoms with Gasteiger partial charge in [-0.2, -0.15) is 5.26 Å². The topological polar surface area (TPSA) is 86.0 Å². The Hall–Kier alpha value is -2.09. The second-order valence-corrected chi connectivity index (χ2v) is 4.40. The molecule has 0 radical (unpaired) electrons. The third kappa shape index (κ3) is 2.72. The molecule has 1 heterocycles. The van der Waals surface area contributed by atoms with Crippen LogP contribution in [0.15, 0.2) is 18.2 Å². The fourth-order valence-corrected chi connectivity index (χ4v) is 1.69. The third-order valence-electron chi connectivity index (χ3n) is 3.02. The summed E-state index contributed by atoms with van der Waals surface area (Å²) in [5, 5.41) is 20.6. The first-order chi connectivity index (χ1) is 8.15. The van der Waals surface area contributed by atoms with Crippen LogP contribution in [0.3, 0.4) is 0 Å². The first-order valence-electron chi connectivity index (χ1n) is 5.46. The van der Waals surface area contributed by atoms with Crippen LogP contribution in [0.4, 0.5) is 5.82 Å². The van der Waals surface area contributed by atoms with E-state index in [9.17, 15) is 4.79 Å². The van der Waals surface area contributed by atoms with Gasteiger partial charge >= 0.3 is 5.97 Å². The van der Waals surface area contributed by atoms with Gasteiger partial charge < -0.3 is 10.4 Å². The van der Waals surface area contributed by atoms with Gasteiger partial charge in [-0.15, -0.1) is 0 Å². The summed E-state index contributed by atoms with van der Waals surface area (Å²) < 4.78 is 0. The number of anilines is 1. The second kappa shape index (κ2) is 4.42. The van der Waals surface area contributed by atoms with Crippen LogP contribution in [0, 0.1) is 16.7 Å². The van der Waals surface area contributed by atoms with E-state index in [2.05, 4.69) is 16.4 Å². The fraction of sp³-hybridized carbons (Fsp3) is 0.417. The molecule has 17 heavy (non-hydrogen) atoms. The highest BCUT2D eigenvalue weighted by atomic mass is 16.4. The van der Waals surface area contributed by atoms with E-state index in [-0.39, 0.29) is 11.1 Å². The number of nitriles is 1. The lowest BCUT2D eigenvalue weighted by Crippen LogP contribution is -2.16. The van der Waals surface area contributed by atoms with E-state index >= 15 is 0 Å². The minimum Gasteiger partial charge on any atom is -0.477 e. The predicted octanol–water partition coefficient (Wildman–Crippen LogP) is 1.89. The zero-order valence-electron chi connectivity index (χ0n) is 9.31. The Labute approximate surface area is 99.1 Å². The number of aromatic carboxylic acids is 1. The van der Waals surface area contributed by atoms with Crippen LogP contribution in [0.5, 0.6) is 0 Å². The molecule has 1 saturated carbocycles. The van der Waals surface area contributed by atoms with Crippen LogP contribution in [-0.4, -0.2) is 22.6 Å². The number of hydrogen-bond donors (Lipinski definition) is 2. The van der Waals surface area contributed by atoms with Crippen LogP contribution < -0.4 is 5.32 Å². The summed E-state index contributed by atoms with van der Waals surface area (Å²) in [6, 6.07) is 7.02. The van der Waals surface area contributed by atoms with Crippen molar-refractivity contribution in [2.24, 2.45) is 5.41 Å². The fourth-order valence-electron chi connectivity index (χ4n) is 1.69. The van der Waals surface area contributed by atoms with Crippen LogP contribution >= 0.6 is 0 Å². The minimum absolute atomic E-state index is 0.0279. The van der Waals surface area contributed by atoms with Crippen molar-refractivity contribution in [3.05, 3.63) is 23.9 Å². The molecule has 0 unspecified atom stereocenters. The molecule has 1 fully saturated rings. The van der Waals surface area contributed by atoms with E-state index in [4.69, 9.17) is 10.4 Å². The number of carboxylic acids is 1. The average Bonchev–Trinajstić information content (AvgIpc) is 3.08. The van der Waals surface area contributed by atoms with Crippen molar-refractivity contribution >= 4 is 11.8 Å². The molecule has 0 aromatic carbocycles. The number of hydrogen-bond acceptors (Lipinski definition) is 4. The number of rotatable bonds is 5. The van der Waals surface area contributed by atoms with Gasteiger partial charge in [-0.25, -0.2) is 9.78 Å². The standard InChI is InChI=1S/C12H13N3O2/c13-7-6-12(4-5-12)8-14-10-3-1-2-9(15-10)11(16)17/h1-3H,4-6,8H2,(H,14,15)(H,16,17). The third-order valence-corrected chi connectivity index (χ3v) is 3.02. The molecule has 5 nitrogen and oxygen atoms in total. The van der Waals surface area contributed by atoms with E-state index in [1.807, 2.05) is 0 Å². The molecule has 2 N–H and O–H groups in total. The molecule has 0 atom stereocenters. The first kappa shape index (κ1) is 11.4. The van der Waals surface area contributed by atoms with Crippen molar-refractivity contribution in [2.45, 2.75) is 19.3 Å². The quantitative estimate of drug-likeness (QED) is 0.808. The van der Waals surface area contributed by atoms with Crippen molar-refractivity contribution in [3.8, 4) is 6.07 Å². The lowest BCUT2D eigenvalue weighted by molar-refractivity contribution is 0.0690. The smallest absolute Gasteiger partial charge is 0.354 e. The summed E-state index contributed by atoms with van der Waals surface area (Å²) in [4.78, 5) is 14.7. The molecule has 1 aromatic rings. The van der Waals surface area contributed by atoms with Crippen molar-refractivity contribution in [2.75, 3.05) is 11.9 Å². The Kier molecular flexibility index (Phi) is 2.96. The molecule has 0 bridgehead atoms. The summed E-state index contributed by atoms with van der Waals surface area (Å²) in [5.74, 6) is -0.485. The molecule has 0 amide bonds. The average molecular weight is 231 g/mol. The molecule has 1 aliphatic carbocycles. The van der Waals surface area contributed by atoms with E-state index in [1.54, 1.807) is 12.1 Å². The molecule has 1 aliphatic rings. The minimum atomic E-state index is -1.04. The SMILES string of the molecule is N#CCC1(CNc2cccc(C(=O)O)n2)CC1. The highest BCUT2D eigenvalue weighted by Crippen LogP contribution is 2.48.